The maximum atomic E-state index is 12.5. The number of carbonyl (C=O) groups is 2. The maximum absolute atomic E-state index is 12.5. The SMILES string of the molecule is CCCCc1c2c(c(CCCC)c3c1CC1(COC4(CCC(OC(=O)C(C)(C)C)CC4)OC1)C3)CC1(COC3(CCC(OC(=O)C(C)(C)C)CC3)OC1)C2. The van der Waals surface area contributed by atoms with E-state index in [9.17, 15) is 9.59 Å². The molecule has 0 radical (unpaired) electrons. The Hall–Kier alpha value is -2.00. The molecule has 0 unspecified atom stereocenters. The van der Waals surface area contributed by atoms with Crippen LogP contribution in [0.1, 0.15) is 166 Å². The highest BCUT2D eigenvalue weighted by molar-refractivity contribution is 5.76. The second-order valence-electron chi connectivity index (χ2n) is 20.5. The van der Waals surface area contributed by atoms with Crippen molar-refractivity contribution in [2.45, 2.75) is 195 Å². The van der Waals surface area contributed by atoms with Crippen LogP contribution in [0.5, 0.6) is 0 Å². The van der Waals surface area contributed by atoms with Crippen molar-refractivity contribution in [3.05, 3.63) is 33.4 Å². The number of unbranched alkanes of at least 4 members (excludes halogenated alkanes) is 2. The molecule has 2 saturated carbocycles. The van der Waals surface area contributed by atoms with Gasteiger partial charge >= 0.3 is 11.9 Å². The standard InChI is InChI=1S/C46H70O8/c1-9-11-13-33-35-23-43(27-49-45(50-28-43)19-15-31(16-20-45)53-39(47)41(3,4)5)25-37(35)34(14-12-10-2)38-26-44(24-36(33)38)29-51-46(52-30-44)21-17-32(18-22-46)54-40(48)42(6,7)8/h31-32H,9-30H2,1-8H3. The zero-order valence-electron chi connectivity index (χ0n) is 35.0. The highest BCUT2D eigenvalue weighted by Gasteiger charge is 2.54. The summed E-state index contributed by atoms with van der Waals surface area (Å²) in [5.41, 5.74) is 8.59. The van der Waals surface area contributed by atoms with Gasteiger partial charge in [-0.25, -0.2) is 0 Å². The van der Waals surface area contributed by atoms with Gasteiger partial charge in [-0.1, -0.05) is 26.7 Å². The van der Waals surface area contributed by atoms with Gasteiger partial charge in [0.25, 0.3) is 0 Å². The lowest BCUT2D eigenvalue weighted by Crippen LogP contribution is -2.52. The van der Waals surface area contributed by atoms with Crippen LogP contribution in [0.15, 0.2) is 0 Å². The van der Waals surface area contributed by atoms with Gasteiger partial charge in [0.1, 0.15) is 12.2 Å². The summed E-state index contributed by atoms with van der Waals surface area (Å²) in [7, 11) is 0. The molecule has 0 atom stereocenters. The fourth-order valence-corrected chi connectivity index (χ4v) is 10.1. The van der Waals surface area contributed by atoms with Crippen LogP contribution in [0.3, 0.4) is 0 Å². The van der Waals surface area contributed by atoms with E-state index in [4.69, 9.17) is 28.4 Å². The third kappa shape index (κ3) is 8.07. The van der Waals surface area contributed by atoms with Crippen LogP contribution in [-0.2, 0) is 76.5 Å². The molecular formula is C46H70O8. The number of rotatable bonds is 8. The number of ether oxygens (including phenoxy) is 6. The zero-order valence-corrected chi connectivity index (χ0v) is 35.0. The summed E-state index contributed by atoms with van der Waals surface area (Å²) in [6, 6.07) is 0. The van der Waals surface area contributed by atoms with E-state index in [1.807, 2.05) is 41.5 Å². The smallest absolute Gasteiger partial charge is 0.311 e. The van der Waals surface area contributed by atoms with E-state index in [0.29, 0.717) is 0 Å². The molecule has 7 rings (SSSR count). The first-order valence-corrected chi connectivity index (χ1v) is 21.7. The first kappa shape index (κ1) is 40.2. The Morgan fingerprint density at radius 3 is 1.11 bits per heavy atom. The normalized spacial score (nSPS) is 24.6. The van der Waals surface area contributed by atoms with Gasteiger partial charge < -0.3 is 28.4 Å². The molecule has 1 aromatic rings. The summed E-state index contributed by atoms with van der Waals surface area (Å²) in [5.74, 6) is -1.36. The molecule has 54 heavy (non-hydrogen) atoms. The Kier molecular flexibility index (Phi) is 11.2. The Bertz CT molecular complexity index is 1370. The molecule has 4 aliphatic carbocycles. The van der Waals surface area contributed by atoms with E-state index in [1.54, 1.807) is 33.4 Å². The third-order valence-corrected chi connectivity index (χ3v) is 13.7. The summed E-state index contributed by atoms with van der Waals surface area (Å²) >= 11 is 0. The van der Waals surface area contributed by atoms with Gasteiger partial charge in [0.15, 0.2) is 11.6 Å². The molecule has 1 aromatic carbocycles. The van der Waals surface area contributed by atoms with Gasteiger partial charge in [-0.2, -0.15) is 0 Å². The molecule has 0 bridgehead atoms. The number of esters is 2. The van der Waals surface area contributed by atoms with Crippen LogP contribution in [0.4, 0.5) is 0 Å². The summed E-state index contributed by atoms with van der Waals surface area (Å²) < 4.78 is 39.0. The minimum absolute atomic E-state index is 0.0265. The molecule has 2 heterocycles. The van der Waals surface area contributed by atoms with E-state index >= 15 is 0 Å². The van der Waals surface area contributed by atoms with Gasteiger partial charge in [0.2, 0.25) is 0 Å². The van der Waals surface area contributed by atoms with Crippen molar-refractivity contribution in [2.75, 3.05) is 26.4 Å². The van der Waals surface area contributed by atoms with Crippen molar-refractivity contribution < 1.29 is 38.0 Å². The molecule has 2 aliphatic heterocycles. The van der Waals surface area contributed by atoms with Crippen molar-refractivity contribution in [1.29, 1.82) is 0 Å². The Labute approximate surface area is 325 Å². The lowest BCUT2D eigenvalue weighted by Gasteiger charge is -2.48. The van der Waals surface area contributed by atoms with Crippen LogP contribution < -0.4 is 0 Å². The van der Waals surface area contributed by atoms with E-state index in [2.05, 4.69) is 13.8 Å². The Morgan fingerprint density at radius 1 is 0.556 bits per heavy atom. The monoisotopic (exact) mass is 751 g/mol. The third-order valence-electron chi connectivity index (χ3n) is 13.7. The van der Waals surface area contributed by atoms with Crippen molar-refractivity contribution in [3.63, 3.8) is 0 Å². The second-order valence-corrected chi connectivity index (χ2v) is 20.5. The first-order valence-electron chi connectivity index (χ1n) is 21.7. The fourth-order valence-electron chi connectivity index (χ4n) is 10.1. The summed E-state index contributed by atoms with van der Waals surface area (Å²) in [6.07, 6.45) is 17.2. The van der Waals surface area contributed by atoms with Gasteiger partial charge in [0.05, 0.1) is 37.3 Å². The molecule has 2 saturated heterocycles. The topological polar surface area (TPSA) is 89.5 Å². The van der Waals surface area contributed by atoms with Crippen LogP contribution in [0.25, 0.3) is 0 Å². The number of benzene rings is 1. The molecule has 4 spiro atoms. The molecule has 302 valence electrons. The summed E-state index contributed by atoms with van der Waals surface area (Å²) in [5, 5.41) is 0. The fraction of sp³-hybridized carbons (Fsp3) is 0.826. The molecule has 4 fully saturated rings. The van der Waals surface area contributed by atoms with Crippen LogP contribution in [-0.4, -0.2) is 62.1 Å². The first-order chi connectivity index (χ1) is 25.5. The van der Waals surface area contributed by atoms with Gasteiger partial charge in [-0.05, 0) is 152 Å². The van der Waals surface area contributed by atoms with E-state index in [1.165, 1.54) is 25.7 Å². The average molecular weight is 751 g/mol. The highest BCUT2D eigenvalue weighted by atomic mass is 16.7. The molecule has 0 amide bonds. The van der Waals surface area contributed by atoms with Crippen molar-refractivity contribution in [1.82, 2.24) is 0 Å². The van der Waals surface area contributed by atoms with Crippen molar-refractivity contribution in [2.24, 2.45) is 21.7 Å². The largest absolute Gasteiger partial charge is 0.462 e. The molecular weight excluding hydrogens is 680 g/mol. The lowest BCUT2D eigenvalue weighted by atomic mass is 9.81. The average Bonchev–Trinajstić information content (AvgIpc) is 3.69. The van der Waals surface area contributed by atoms with Gasteiger partial charge in [0, 0.05) is 36.5 Å². The maximum Gasteiger partial charge on any atom is 0.311 e. The van der Waals surface area contributed by atoms with Gasteiger partial charge in [-0.15, -0.1) is 0 Å². The van der Waals surface area contributed by atoms with Crippen molar-refractivity contribution >= 4 is 11.9 Å². The summed E-state index contributed by atoms with van der Waals surface area (Å²) in [6.45, 7) is 19.0. The zero-order chi connectivity index (χ0) is 38.6. The molecule has 6 aliphatic rings. The van der Waals surface area contributed by atoms with E-state index in [0.717, 1.165) is 116 Å². The van der Waals surface area contributed by atoms with Crippen LogP contribution in [0, 0.1) is 21.7 Å². The van der Waals surface area contributed by atoms with Gasteiger partial charge in [-0.3, -0.25) is 9.59 Å². The predicted molar refractivity (Wildman–Crippen MR) is 208 cm³/mol. The molecule has 0 N–H and O–H groups in total. The van der Waals surface area contributed by atoms with E-state index < -0.39 is 22.4 Å². The van der Waals surface area contributed by atoms with Crippen LogP contribution in [0.2, 0.25) is 0 Å². The minimum atomic E-state index is -0.552. The Morgan fingerprint density at radius 2 is 0.852 bits per heavy atom. The second kappa shape index (κ2) is 15.1. The van der Waals surface area contributed by atoms with Crippen LogP contribution >= 0.6 is 0 Å². The molecule has 0 aromatic heterocycles. The molecule has 8 heteroatoms. The summed E-state index contributed by atoms with van der Waals surface area (Å²) in [4.78, 5) is 25.1. The predicted octanol–water partition coefficient (Wildman–Crippen LogP) is 9.09. The van der Waals surface area contributed by atoms with E-state index in [-0.39, 0.29) is 35.0 Å². The number of fused-ring (bicyclic) bond motifs is 2. The highest BCUT2D eigenvalue weighted by Crippen LogP contribution is 2.54. The number of hydrogen-bond donors (Lipinski definition) is 0. The number of carbonyl (C=O) groups excluding carboxylic acids is 2. The quantitative estimate of drug-likeness (QED) is 0.243. The minimum Gasteiger partial charge on any atom is -0.462 e. The number of hydrogen-bond acceptors (Lipinski definition) is 8. The lowest BCUT2D eigenvalue weighted by molar-refractivity contribution is -0.318. The molecule has 8 nitrogen and oxygen atoms in total. The Balaban J connectivity index is 1.04. The van der Waals surface area contributed by atoms with Crippen molar-refractivity contribution in [3.8, 4) is 0 Å².